The van der Waals surface area contributed by atoms with E-state index >= 15 is 0 Å². The van der Waals surface area contributed by atoms with E-state index in [1.165, 1.54) is 12.8 Å². The van der Waals surface area contributed by atoms with E-state index in [2.05, 4.69) is 5.32 Å². The SMILES string of the molecule is Cl.NC1(CNC(=O)c2ccccc2[C@H]2CC2(F)F)CCCCCC1. The van der Waals surface area contributed by atoms with Gasteiger partial charge in [0.25, 0.3) is 11.8 Å². The number of carbonyl (C=O) groups excluding carboxylic acids is 1. The van der Waals surface area contributed by atoms with Gasteiger partial charge in [0.05, 0.1) is 5.92 Å². The molecule has 1 aromatic rings. The minimum atomic E-state index is -2.67. The number of alkyl halides is 2. The third-order valence-corrected chi connectivity index (χ3v) is 5.11. The maximum atomic E-state index is 13.4. The van der Waals surface area contributed by atoms with Gasteiger partial charge in [-0.05, 0) is 24.5 Å². The van der Waals surface area contributed by atoms with E-state index in [1.54, 1.807) is 24.3 Å². The fourth-order valence-corrected chi connectivity index (χ4v) is 3.52. The molecule has 6 heteroatoms. The molecule has 1 aromatic carbocycles. The van der Waals surface area contributed by atoms with Gasteiger partial charge in [-0.25, -0.2) is 8.78 Å². The second kappa shape index (κ2) is 7.36. The van der Waals surface area contributed by atoms with Gasteiger partial charge in [0.15, 0.2) is 0 Å². The van der Waals surface area contributed by atoms with Crippen LogP contribution in [0.4, 0.5) is 8.78 Å². The van der Waals surface area contributed by atoms with Crippen molar-refractivity contribution in [3.63, 3.8) is 0 Å². The molecule has 2 fully saturated rings. The van der Waals surface area contributed by atoms with Crippen LogP contribution < -0.4 is 11.1 Å². The number of hydrogen-bond acceptors (Lipinski definition) is 2. The van der Waals surface area contributed by atoms with Gasteiger partial charge >= 0.3 is 0 Å². The summed E-state index contributed by atoms with van der Waals surface area (Å²) in [5.41, 5.74) is 6.83. The molecule has 3 nitrogen and oxygen atoms in total. The standard InChI is InChI=1S/C18H24F2N2O.ClH/c19-18(20)11-15(18)13-7-3-4-8-14(13)16(23)22-12-17(21)9-5-1-2-6-10-17;/h3-4,7-8,15H,1-2,5-6,9-12,21H2,(H,22,23);1H/t15-;/m1./s1. The lowest BCUT2D eigenvalue weighted by atomic mass is 9.91. The van der Waals surface area contributed by atoms with E-state index in [9.17, 15) is 13.6 Å². The highest BCUT2D eigenvalue weighted by atomic mass is 35.5. The quantitative estimate of drug-likeness (QED) is 0.799. The van der Waals surface area contributed by atoms with Crippen LogP contribution in [0.25, 0.3) is 0 Å². The van der Waals surface area contributed by atoms with Crippen LogP contribution >= 0.6 is 12.4 Å². The highest BCUT2D eigenvalue weighted by Crippen LogP contribution is 2.56. The van der Waals surface area contributed by atoms with E-state index in [0.717, 1.165) is 25.7 Å². The molecule has 0 spiro atoms. The smallest absolute Gasteiger partial charge is 0.255 e. The Hall–Kier alpha value is -1.20. The second-order valence-corrected chi connectivity index (χ2v) is 7.06. The zero-order valence-electron chi connectivity index (χ0n) is 13.7. The van der Waals surface area contributed by atoms with Gasteiger partial charge < -0.3 is 11.1 Å². The van der Waals surface area contributed by atoms with Crippen molar-refractivity contribution in [3.05, 3.63) is 35.4 Å². The van der Waals surface area contributed by atoms with Gasteiger partial charge in [-0.1, -0.05) is 43.9 Å². The molecule has 0 heterocycles. The number of hydrogen-bond donors (Lipinski definition) is 2. The predicted octanol–water partition coefficient (Wildman–Crippen LogP) is 4.01. The summed E-state index contributed by atoms with van der Waals surface area (Å²) in [7, 11) is 0. The number of carbonyl (C=O) groups is 1. The van der Waals surface area contributed by atoms with Crippen LogP contribution in [0.2, 0.25) is 0 Å². The van der Waals surface area contributed by atoms with Crippen molar-refractivity contribution in [2.24, 2.45) is 5.73 Å². The third kappa shape index (κ3) is 4.25. The number of nitrogens with one attached hydrogen (secondary N) is 1. The zero-order valence-corrected chi connectivity index (χ0v) is 14.5. The molecule has 0 unspecified atom stereocenters. The molecule has 0 radical (unpaired) electrons. The van der Waals surface area contributed by atoms with Crippen molar-refractivity contribution >= 4 is 18.3 Å². The Kier molecular flexibility index (Phi) is 5.87. The average molecular weight is 359 g/mol. The molecule has 0 saturated heterocycles. The molecule has 1 amide bonds. The first-order chi connectivity index (χ1) is 10.9. The third-order valence-electron chi connectivity index (χ3n) is 5.11. The highest BCUT2D eigenvalue weighted by molar-refractivity contribution is 5.96. The number of nitrogens with two attached hydrogens (primary N) is 1. The monoisotopic (exact) mass is 358 g/mol. The topological polar surface area (TPSA) is 55.1 Å². The van der Waals surface area contributed by atoms with Crippen molar-refractivity contribution in [1.82, 2.24) is 5.32 Å². The Morgan fingerprint density at radius 3 is 2.33 bits per heavy atom. The fraction of sp³-hybridized carbons (Fsp3) is 0.611. The Morgan fingerprint density at radius 1 is 1.17 bits per heavy atom. The zero-order chi connectivity index (χ0) is 16.5. The molecule has 0 aromatic heterocycles. The summed E-state index contributed by atoms with van der Waals surface area (Å²) >= 11 is 0. The molecule has 0 aliphatic heterocycles. The van der Waals surface area contributed by atoms with Crippen LogP contribution in [-0.4, -0.2) is 23.9 Å². The molecule has 24 heavy (non-hydrogen) atoms. The summed E-state index contributed by atoms with van der Waals surface area (Å²) in [6.07, 6.45) is 6.16. The summed E-state index contributed by atoms with van der Waals surface area (Å²) in [4.78, 5) is 12.5. The summed E-state index contributed by atoms with van der Waals surface area (Å²) in [6, 6.07) is 6.67. The van der Waals surface area contributed by atoms with E-state index in [-0.39, 0.29) is 30.3 Å². The molecule has 2 aliphatic rings. The maximum absolute atomic E-state index is 13.4. The van der Waals surface area contributed by atoms with Gasteiger partial charge in [-0.15, -0.1) is 12.4 Å². The van der Waals surface area contributed by atoms with Crippen LogP contribution in [0.5, 0.6) is 0 Å². The molecule has 1 atom stereocenters. The lowest BCUT2D eigenvalue weighted by Gasteiger charge is -2.28. The van der Waals surface area contributed by atoms with Crippen molar-refractivity contribution in [2.75, 3.05) is 6.54 Å². The van der Waals surface area contributed by atoms with Crippen molar-refractivity contribution in [1.29, 1.82) is 0 Å². The number of benzene rings is 1. The number of amides is 1. The van der Waals surface area contributed by atoms with Crippen LogP contribution in [0.1, 0.15) is 66.8 Å². The minimum absolute atomic E-state index is 0. The summed E-state index contributed by atoms with van der Waals surface area (Å²) in [6.45, 7) is 0.404. The summed E-state index contributed by atoms with van der Waals surface area (Å²) < 4.78 is 26.7. The normalized spacial score (nSPS) is 24.4. The van der Waals surface area contributed by atoms with Gasteiger partial charge in [-0.2, -0.15) is 0 Å². The van der Waals surface area contributed by atoms with E-state index in [1.807, 2.05) is 0 Å². The molecule has 0 bridgehead atoms. The van der Waals surface area contributed by atoms with Crippen molar-refractivity contribution in [2.45, 2.75) is 62.3 Å². The van der Waals surface area contributed by atoms with E-state index < -0.39 is 11.8 Å². The largest absolute Gasteiger partial charge is 0.350 e. The van der Waals surface area contributed by atoms with Crippen LogP contribution in [0.3, 0.4) is 0 Å². The van der Waals surface area contributed by atoms with E-state index in [0.29, 0.717) is 17.7 Å². The van der Waals surface area contributed by atoms with Crippen LogP contribution in [0, 0.1) is 0 Å². The first-order valence-electron chi connectivity index (χ1n) is 8.45. The molecule has 2 aliphatic carbocycles. The maximum Gasteiger partial charge on any atom is 0.255 e. The molecular weight excluding hydrogens is 334 g/mol. The Morgan fingerprint density at radius 2 is 1.75 bits per heavy atom. The molecule has 3 rings (SSSR count). The molecule has 3 N–H and O–H groups in total. The highest BCUT2D eigenvalue weighted by Gasteiger charge is 2.58. The number of rotatable bonds is 4. The first-order valence-corrected chi connectivity index (χ1v) is 8.45. The van der Waals surface area contributed by atoms with Crippen LogP contribution in [0.15, 0.2) is 24.3 Å². The Labute approximate surface area is 147 Å². The lowest BCUT2D eigenvalue weighted by Crippen LogP contribution is -2.49. The predicted molar refractivity (Wildman–Crippen MR) is 92.9 cm³/mol. The minimum Gasteiger partial charge on any atom is -0.350 e. The second-order valence-electron chi connectivity index (χ2n) is 7.06. The summed E-state index contributed by atoms with van der Waals surface area (Å²) in [5, 5.41) is 2.88. The van der Waals surface area contributed by atoms with E-state index in [4.69, 9.17) is 5.73 Å². The number of halogens is 3. The molecule has 134 valence electrons. The molecule has 2 saturated carbocycles. The van der Waals surface area contributed by atoms with Gasteiger partial charge in [0, 0.05) is 24.1 Å². The molecular formula is C18H25ClF2N2O. The fourth-order valence-electron chi connectivity index (χ4n) is 3.52. The average Bonchev–Trinajstić information content (AvgIpc) is 3.22. The Balaban J connectivity index is 0.00000208. The van der Waals surface area contributed by atoms with Crippen molar-refractivity contribution in [3.8, 4) is 0 Å². The Bertz CT molecular complexity index is 586. The lowest BCUT2D eigenvalue weighted by molar-refractivity contribution is 0.0938. The summed E-state index contributed by atoms with van der Waals surface area (Å²) in [5.74, 6) is -3.79. The van der Waals surface area contributed by atoms with Crippen LogP contribution in [-0.2, 0) is 0 Å². The van der Waals surface area contributed by atoms with Gasteiger partial charge in [0.2, 0.25) is 0 Å². The van der Waals surface area contributed by atoms with Gasteiger partial charge in [-0.3, -0.25) is 4.79 Å². The van der Waals surface area contributed by atoms with Gasteiger partial charge in [0.1, 0.15) is 0 Å². The van der Waals surface area contributed by atoms with Crippen molar-refractivity contribution < 1.29 is 13.6 Å². The first kappa shape index (κ1) is 19.1.